The van der Waals surface area contributed by atoms with Gasteiger partial charge in [-0.25, -0.2) is 4.39 Å². The Bertz CT molecular complexity index is 952. The highest BCUT2D eigenvalue weighted by atomic mass is 19.1. The van der Waals surface area contributed by atoms with Crippen LogP contribution in [0, 0.1) is 5.82 Å². The van der Waals surface area contributed by atoms with E-state index in [-0.39, 0.29) is 11.7 Å². The molecular formula is C22H23FN4O. The molecule has 0 radical (unpaired) electrons. The molecule has 2 fully saturated rings. The van der Waals surface area contributed by atoms with Gasteiger partial charge in [-0.1, -0.05) is 6.07 Å². The SMILES string of the molecule is O=C(c1cc2ccccn2c1)N1CC(N2CCN(c3ccc(F)cc3)CC2)C1. The molecule has 1 aromatic carbocycles. The molecule has 6 heteroatoms. The lowest BCUT2D eigenvalue weighted by atomic mass is 10.0. The zero-order valence-electron chi connectivity index (χ0n) is 15.7. The number of pyridine rings is 1. The highest BCUT2D eigenvalue weighted by Crippen LogP contribution is 2.23. The zero-order chi connectivity index (χ0) is 19.1. The number of fused-ring (bicyclic) bond motifs is 1. The Balaban J connectivity index is 1.15. The van der Waals surface area contributed by atoms with Crippen molar-refractivity contribution >= 4 is 17.1 Å². The Labute approximate surface area is 163 Å². The van der Waals surface area contributed by atoms with Gasteiger partial charge in [0.2, 0.25) is 0 Å². The predicted molar refractivity (Wildman–Crippen MR) is 107 cm³/mol. The number of hydrogen-bond acceptors (Lipinski definition) is 3. The number of amides is 1. The Morgan fingerprint density at radius 1 is 0.964 bits per heavy atom. The second-order valence-corrected chi connectivity index (χ2v) is 7.62. The first kappa shape index (κ1) is 17.3. The van der Waals surface area contributed by atoms with Gasteiger partial charge in [0.15, 0.2) is 0 Å². The normalized spacial score (nSPS) is 18.5. The third-order valence-electron chi connectivity index (χ3n) is 5.92. The van der Waals surface area contributed by atoms with Crippen molar-refractivity contribution in [2.45, 2.75) is 6.04 Å². The molecular weight excluding hydrogens is 355 g/mol. The number of piperazine rings is 1. The van der Waals surface area contributed by atoms with Crippen LogP contribution in [0.25, 0.3) is 5.52 Å². The summed E-state index contributed by atoms with van der Waals surface area (Å²) in [4.78, 5) is 19.4. The molecule has 0 saturated carbocycles. The first-order valence-electron chi connectivity index (χ1n) is 9.78. The molecule has 0 unspecified atom stereocenters. The molecule has 1 amide bonds. The minimum Gasteiger partial charge on any atom is -0.369 e. The summed E-state index contributed by atoms with van der Waals surface area (Å²) in [6.07, 6.45) is 3.87. The molecule has 5 nitrogen and oxygen atoms in total. The summed E-state index contributed by atoms with van der Waals surface area (Å²) in [7, 11) is 0. The standard InChI is InChI=1S/C22H23FN4O/c23-18-4-6-19(7-5-18)24-9-11-25(12-10-24)21-15-27(16-21)22(28)17-13-20-3-1-2-8-26(20)14-17/h1-8,13-14,21H,9-12,15-16H2. The maximum atomic E-state index is 13.1. The maximum Gasteiger partial charge on any atom is 0.255 e. The Kier molecular flexibility index (Phi) is 4.28. The van der Waals surface area contributed by atoms with Gasteiger partial charge in [-0.15, -0.1) is 0 Å². The van der Waals surface area contributed by atoms with Crippen LogP contribution in [0.15, 0.2) is 60.9 Å². The van der Waals surface area contributed by atoms with Crippen LogP contribution >= 0.6 is 0 Å². The van der Waals surface area contributed by atoms with Gasteiger partial charge in [-0.2, -0.15) is 0 Å². The summed E-state index contributed by atoms with van der Waals surface area (Å²) in [5.74, 6) is -0.0809. The molecule has 5 rings (SSSR count). The lowest BCUT2D eigenvalue weighted by Crippen LogP contribution is -2.64. The number of aromatic nitrogens is 1. The van der Waals surface area contributed by atoms with Gasteiger partial charge in [0.25, 0.3) is 5.91 Å². The number of likely N-dealkylation sites (tertiary alicyclic amines) is 1. The number of anilines is 1. The average molecular weight is 378 g/mol. The molecule has 0 aliphatic carbocycles. The van der Waals surface area contributed by atoms with Crippen molar-refractivity contribution in [3.8, 4) is 0 Å². The zero-order valence-corrected chi connectivity index (χ0v) is 15.7. The number of carbonyl (C=O) groups excluding carboxylic acids is 1. The van der Waals surface area contributed by atoms with Crippen molar-refractivity contribution in [2.75, 3.05) is 44.2 Å². The molecule has 0 bridgehead atoms. The minimum atomic E-state index is -0.197. The van der Waals surface area contributed by atoms with E-state index in [0.717, 1.165) is 56.0 Å². The largest absolute Gasteiger partial charge is 0.369 e. The number of carbonyl (C=O) groups is 1. The number of nitrogens with zero attached hydrogens (tertiary/aromatic N) is 4. The molecule has 2 aliphatic rings. The predicted octanol–water partition coefficient (Wildman–Crippen LogP) is 2.73. The Morgan fingerprint density at radius 3 is 2.43 bits per heavy atom. The summed E-state index contributed by atoms with van der Waals surface area (Å²) < 4.78 is 15.1. The third kappa shape index (κ3) is 3.14. The van der Waals surface area contributed by atoms with Crippen LogP contribution in [0.5, 0.6) is 0 Å². The summed E-state index contributed by atoms with van der Waals surface area (Å²) in [6.45, 7) is 5.39. The smallest absolute Gasteiger partial charge is 0.255 e. The van der Waals surface area contributed by atoms with Gasteiger partial charge >= 0.3 is 0 Å². The number of benzene rings is 1. The monoisotopic (exact) mass is 378 g/mol. The van der Waals surface area contributed by atoms with Crippen molar-refractivity contribution in [3.05, 3.63) is 72.3 Å². The van der Waals surface area contributed by atoms with E-state index < -0.39 is 0 Å². The molecule has 2 aliphatic heterocycles. The fourth-order valence-corrected chi connectivity index (χ4v) is 4.20. The third-order valence-corrected chi connectivity index (χ3v) is 5.92. The minimum absolute atomic E-state index is 0.116. The number of rotatable bonds is 3. The summed E-state index contributed by atoms with van der Waals surface area (Å²) in [6, 6.07) is 15.1. The van der Waals surface area contributed by atoms with Crippen LogP contribution in [0.2, 0.25) is 0 Å². The van der Waals surface area contributed by atoms with Crippen LogP contribution < -0.4 is 4.90 Å². The second-order valence-electron chi connectivity index (χ2n) is 7.62. The molecule has 4 heterocycles. The van der Waals surface area contributed by atoms with Crippen LogP contribution in [0.1, 0.15) is 10.4 Å². The van der Waals surface area contributed by atoms with E-state index in [4.69, 9.17) is 0 Å². The average Bonchev–Trinajstić information content (AvgIpc) is 3.12. The van der Waals surface area contributed by atoms with E-state index in [1.54, 1.807) is 0 Å². The first-order chi connectivity index (χ1) is 13.7. The molecule has 28 heavy (non-hydrogen) atoms. The summed E-state index contributed by atoms with van der Waals surface area (Å²) in [5, 5.41) is 0. The van der Waals surface area contributed by atoms with E-state index in [9.17, 15) is 9.18 Å². The van der Waals surface area contributed by atoms with Gasteiger partial charge in [0.05, 0.1) is 5.56 Å². The van der Waals surface area contributed by atoms with Crippen LogP contribution in [0.4, 0.5) is 10.1 Å². The molecule has 144 valence electrons. The van der Waals surface area contributed by atoms with E-state index in [2.05, 4.69) is 9.80 Å². The second kappa shape index (κ2) is 6.95. The van der Waals surface area contributed by atoms with Crippen molar-refractivity contribution in [2.24, 2.45) is 0 Å². The molecule has 0 N–H and O–H groups in total. The quantitative estimate of drug-likeness (QED) is 0.702. The Hall–Kier alpha value is -2.86. The van der Waals surface area contributed by atoms with Crippen molar-refractivity contribution < 1.29 is 9.18 Å². The van der Waals surface area contributed by atoms with Gasteiger partial charge in [-0.05, 0) is 42.5 Å². The van der Waals surface area contributed by atoms with Crippen LogP contribution in [0.3, 0.4) is 0 Å². The highest BCUT2D eigenvalue weighted by molar-refractivity contribution is 5.96. The fraction of sp³-hybridized carbons (Fsp3) is 0.318. The molecule has 0 atom stereocenters. The molecule has 3 aromatic rings. The van der Waals surface area contributed by atoms with Gasteiger partial charge in [-0.3, -0.25) is 9.69 Å². The Morgan fingerprint density at radius 2 is 1.71 bits per heavy atom. The number of halogens is 1. The molecule has 0 spiro atoms. The lowest BCUT2D eigenvalue weighted by molar-refractivity contribution is 0.0247. The van der Waals surface area contributed by atoms with Crippen LogP contribution in [-0.2, 0) is 0 Å². The maximum absolute atomic E-state index is 13.1. The van der Waals surface area contributed by atoms with Crippen molar-refractivity contribution in [1.29, 1.82) is 0 Å². The fourth-order valence-electron chi connectivity index (χ4n) is 4.20. The van der Waals surface area contributed by atoms with E-state index >= 15 is 0 Å². The lowest BCUT2D eigenvalue weighted by Gasteiger charge is -2.48. The molecule has 2 saturated heterocycles. The molecule has 2 aromatic heterocycles. The van der Waals surface area contributed by atoms with Gasteiger partial charge in [0, 0.05) is 68.9 Å². The van der Waals surface area contributed by atoms with Gasteiger partial charge < -0.3 is 14.2 Å². The van der Waals surface area contributed by atoms with E-state index in [1.165, 1.54) is 12.1 Å². The first-order valence-corrected chi connectivity index (χ1v) is 9.78. The topological polar surface area (TPSA) is 31.2 Å². The van der Waals surface area contributed by atoms with E-state index in [0.29, 0.717) is 6.04 Å². The van der Waals surface area contributed by atoms with Crippen molar-refractivity contribution in [1.82, 2.24) is 14.2 Å². The highest BCUT2D eigenvalue weighted by Gasteiger charge is 2.36. The van der Waals surface area contributed by atoms with Gasteiger partial charge in [0.1, 0.15) is 5.82 Å². The number of hydrogen-bond donors (Lipinski definition) is 0. The van der Waals surface area contributed by atoms with Crippen molar-refractivity contribution in [3.63, 3.8) is 0 Å². The van der Waals surface area contributed by atoms with Crippen LogP contribution in [-0.4, -0.2) is 65.4 Å². The summed E-state index contributed by atoms with van der Waals surface area (Å²) in [5.41, 5.74) is 2.87. The summed E-state index contributed by atoms with van der Waals surface area (Å²) >= 11 is 0. The van der Waals surface area contributed by atoms with E-state index in [1.807, 2.05) is 58.1 Å².